The van der Waals surface area contributed by atoms with Gasteiger partial charge in [-0.25, -0.2) is 0 Å². The normalized spacial score (nSPS) is 18.5. The van der Waals surface area contributed by atoms with Crippen molar-refractivity contribution in [2.75, 3.05) is 7.11 Å². The molecule has 17 heavy (non-hydrogen) atoms. The minimum absolute atomic E-state index is 0.158. The first kappa shape index (κ1) is 12.0. The number of phenols is 1. The Labute approximate surface area is 101 Å². The number of carbonyl (C=O) groups is 1. The lowest BCUT2D eigenvalue weighted by molar-refractivity contribution is -0.145. The molecule has 1 aliphatic carbocycles. The molecule has 0 saturated heterocycles. The van der Waals surface area contributed by atoms with E-state index in [9.17, 15) is 9.90 Å². The summed E-state index contributed by atoms with van der Waals surface area (Å²) in [7, 11) is 1.42. The average molecular weight is 234 g/mol. The first-order valence-corrected chi connectivity index (χ1v) is 6.00. The maximum absolute atomic E-state index is 11.7. The fourth-order valence-corrected chi connectivity index (χ4v) is 2.49. The van der Waals surface area contributed by atoms with Crippen LogP contribution in [0.1, 0.15) is 31.2 Å². The first-order chi connectivity index (χ1) is 8.13. The van der Waals surface area contributed by atoms with Crippen LogP contribution in [0.2, 0.25) is 0 Å². The van der Waals surface area contributed by atoms with Gasteiger partial charge in [0.2, 0.25) is 0 Å². The summed E-state index contributed by atoms with van der Waals surface area (Å²) >= 11 is 0. The summed E-state index contributed by atoms with van der Waals surface area (Å²) in [6.45, 7) is 1.90. The Balaban J connectivity index is 2.26. The van der Waals surface area contributed by atoms with Crippen LogP contribution in [-0.2, 0) is 9.53 Å². The van der Waals surface area contributed by atoms with Gasteiger partial charge in [0.25, 0.3) is 0 Å². The van der Waals surface area contributed by atoms with E-state index >= 15 is 0 Å². The van der Waals surface area contributed by atoms with Crippen LogP contribution < -0.4 is 0 Å². The lowest BCUT2D eigenvalue weighted by Gasteiger charge is -2.22. The summed E-state index contributed by atoms with van der Waals surface area (Å²) in [5.74, 6) is 0.630. The van der Waals surface area contributed by atoms with Gasteiger partial charge in [-0.1, -0.05) is 19.1 Å². The minimum atomic E-state index is -0.176. The Morgan fingerprint density at radius 1 is 1.47 bits per heavy atom. The van der Waals surface area contributed by atoms with Crippen molar-refractivity contribution in [3.05, 3.63) is 29.8 Å². The first-order valence-electron chi connectivity index (χ1n) is 6.00. The zero-order chi connectivity index (χ0) is 12.4. The van der Waals surface area contributed by atoms with E-state index in [4.69, 9.17) is 4.74 Å². The zero-order valence-electron chi connectivity index (χ0n) is 10.2. The van der Waals surface area contributed by atoms with Crippen molar-refractivity contribution in [3.8, 4) is 5.75 Å². The van der Waals surface area contributed by atoms with Crippen LogP contribution in [0.5, 0.6) is 5.75 Å². The third kappa shape index (κ3) is 2.60. The topological polar surface area (TPSA) is 46.5 Å². The highest BCUT2D eigenvalue weighted by atomic mass is 16.5. The molecule has 0 heterocycles. The number of methoxy groups -OCH3 is 1. The molecule has 0 aromatic heterocycles. The van der Waals surface area contributed by atoms with Crippen molar-refractivity contribution in [2.45, 2.75) is 25.7 Å². The number of hydrogen-bond donors (Lipinski definition) is 1. The predicted octanol–water partition coefficient (Wildman–Crippen LogP) is 2.69. The average Bonchev–Trinajstić information content (AvgIpc) is 3.12. The Bertz CT molecular complexity index is 410. The molecule has 1 aromatic carbocycles. The van der Waals surface area contributed by atoms with E-state index in [1.54, 1.807) is 12.1 Å². The molecule has 1 saturated carbocycles. The number of ether oxygens (including phenoxy) is 1. The number of esters is 1. The third-order valence-corrected chi connectivity index (χ3v) is 3.50. The molecule has 2 rings (SSSR count). The van der Waals surface area contributed by atoms with Crippen molar-refractivity contribution >= 4 is 5.97 Å². The molecule has 1 aromatic rings. The monoisotopic (exact) mass is 234 g/mol. The molecule has 3 heteroatoms. The minimum Gasteiger partial charge on any atom is -0.508 e. The SMILES string of the molecule is COC(=O)[C@@H](C)[C@H](c1cccc(O)c1)C1CC1. The molecule has 0 bridgehead atoms. The molecule has 1 fully saturated rings. The predicted molar refractivity (Wildman–Crippen MR) is 64.8 cm³/mol. The maximum atomic E-state index is 11.7. The Morgan fingerprint density at radius 2 is 2.18 bits per heavy atom. The quantitative estimate of drug-likeness (QED) is 0.815. The Hall–Kier alpha value is -1.51. The molecule has 0 amide bonds. The summed E-state index contributed by atoms with van der Waals surface area (Å²) in [5, 5.41) is 9.53. The summed E-state index contributed by atoms with van der Waals surface area (Å²) in [6, 6.07) is 7.20. The van der Waals surface area contributed by atoms with Crippen LogP contribution in [0.25, 0.3) is 0 Å². The van der Waals surface area contributed by atoms with Gasteiger partial charge < -0.3 is 9.84 Å². The van der Waals surface area contributed by atoms with E-state index in [-0.39, 0.29) is 23.6 Å². The van der Waals surface area contributed by atoms with Gasteiger partial charge in [0.15, 0.2) is 0 Å². The van der Waals surface area contributed by atoms with Crippen molar-refractivity contribution in [3.63, 3.8) is 0 Å². The highest BCUT2D eigenvalue weighted by Crippen LogP contribution is 2.47. The maximum Gasteiger partial charge on any atom is 0.309 e. The number of hydrogen-bond acceptors (Lipinski definition) is 3. The second-order valence-electron chi connectivity index (χ2n) is 4.77. The largest absolute Gasteiger partial charge is 0.508 e. The van der Waals surface area contributed by atoms with E-state index in [2.05, 4.69) is 0 Å². The zero-order valence-corrected chi connectivity index (χ0v) is 10.2. The lowest BCUT2D eigenvalue weighted by atomic mass is 9.83. The molecule has 0 aliphatic heterocycles. The fraction of sp³-hybridized carbons (Fsp3) is 0.500. The second-order valence-corrected chi connectivity index (χ2v) is 4.77. The van der Waals surface area contributed by atoms with Crippen LogP contribution in [0.15, 0.2) is 24.3 Å². The number of phenolic OH excluding ortho intramolecular Hbond substituents is 1. The van der Waals surface area contributed by atoms with Crippen LogP contribution in [0.3, 0.4) is 0 Å². The van der Waals surface area contributed by atoms with Crippen LogP contribution in [0.4, 0.5) is 0 Å². The Kier molecular flexibility index (Phi) is 3.36. The number of aromatic hydroxyl groups is 1. The standard InChI is InChI=1S/C14H18O3/c1-9(14(16)17-2)13(10-6-7-10)11-4-3-5-12(15)8-11/h3-5,8-10,13,15H,6-7H2,1-2H3/t9-,13-/m0/s1. The van der Waals surface area contributed by atoms with E-state index in [0.29, 0.717) is 5.92 Å². The second kappa shape index (κ2) is 4.78. The highest BCUT2D eigenvalue weighted by molar-refractivity contribution is 5.73. The molecule has 92 valence electrons. The number of rotatable bonds is 4. The van der Waals surface area contributed by atoms with Crippen molar-refractivity contribution < 1.29 is 14.6 Å². The van der Waals surface area contributed by atoms with Crippen molar-refractivity contribution in [1.82, 2.24) is 0 Å². The van der Waals surface area contributed by atoms with Gasteiger partial charge >= 0.3 is 5.97 Å². The van der Waals surface area contributed by atoms with E-state index in [1.165, 1.54) is 7.11 Å². The molecule has 3 nitrogen and oxygen atoms in total. The van der Waals surface area contributed by atoms with Gasteiger partial charge in [-0.15, -0.1) is 0 Å². The number of carbonyl (C=O) groups excluding carboxylic acids is 1. The van der Waals surface area contributed by atoms with Crippen molar-refractivity contribution in [2.24, 2.45) is 11.8 Å². The smallest absolute Gasteiger partial charge is 0.309 e. The fourth-order valence-electron chi connectivity index (χ4n) is 2.49. The van der Waals surface area contributed by atoms with E-state index in [1.807, 2.05) is 19.1 Å². The molecule has 0 spiro atoms. The summed E-state index contributed by atoms with van der Waals surface area (Å²) in [4.78, 5) is 11.7. The van der Waals surface area contributed by atoms with Gasteiger partial charge in [0.05, 0.1) is 13.0 Å². The van der Waals surface area contributed by atoms with Gasteiger partial charge in [0.1, 0.15) is 5.75 Å². The van der Waals surface area contributed by atoms with Crippen LogP contribution >= 0.6 is 0 Å². The summed E-state index contributed by atoms with van der Waals surface area (Å²) < 4.78 is 4.82. The van der Waals surface area contributed by atoms with Gasteiger partial charge in [-0.05, 0) is 42.4 Å². The molecule has 0 radical (unpaired) electrons. The number of benzene rings is 1. The third-order valence-electron chi connectivity index (χ3n) is 3.50. The highest BCUT2D eigenvalue weighted by Gasteiger charge is 2.39. The molecule has 1 N–H and O–H groups in total. The lowest BCUT2D eigenvalue weighted by Crippen LogP contribution is -2.22. The van der Waals surface area contributed by atoms with E-state index in [0.717, 1.165) is 18.4 Å². The van der Waals surface area contributed by atoms with Crippen molar-refractivity contribution in [1.29, 1.82) is 0 Å². The molecule has 2 atom stereocenters. The van der Waals surface area contributed by atoms with Gasteiger partial charge in [-0.3, -0.25) is 4.79 Å². The Morgan fingerprint density at radius 3 is 2.71 bits per heavy atom. The summed E-state index contributed by atoms with van der Waals surface area (Å²) in [5.41, 5.74) is 1.03. The van der Waals surface area contributed by atoms with Crippen LogP contribution in [0, 0.1) is 11.8 Å². The molecular weight excluding hydrogens is 216 g/mol. The van der Waals surface area contributed by atoms with Crippen LogP contribution in [-0.4, -0.2) is 18.2 Å². The van der Waals surface area contributed by atoms with E-state index < -0.39 is 0 Å². The molecular formula is C14H18O3. The molecule has 1 aliphatic rings. The van der Waals surface area contributed by atoms with Gasteiger partial charge in [0, 0.05) is 0 Å². The molecule has 0 unspecified atom stereocenters. The summed E-state index contributed by atoms with van der Waals surface area (Å²) in [6.07, 6.45) is 2.31. The van der Waals surface area contributed by atoms with Gasteiger partial charge in [-0.2, -0.15) is 0 Å².